The average molecular weight is 360 g/mol. The SMILES string of the molecule is Cc1ccccc1NS(=O)(=O)c1ccc(NC(=O)/C=C/C(=O)O)cc1. The summed E-state index contributed by atoms with van der Waals surface area (Å²) in [7, 11) is -3.76. The number of sulfonamides is 1. The van der Waals surface area contributed by atoms with Crippen molar-refractivity contribution >= 4 is 33.3 Å². The topological polar surface area (TPSA) is 113 Å². The Kier molecular flexibility index (Phi) is 5.56. The summed E-state index contributed by atoms with van der Waals surface area (Å²) in [6.45, 7) is 1.79. The zero-order chi connectivity index (χ0) is 18.4. The molecule has 0 aromatic heterocycles. The van der Waals surface area contributed by atoms with E-state index in [1.54, 1.807) is 25.1 Å². The summed E-state index contributed by atoms with van der Waals surface area (Å²) in [6.07, 6.45) is 1.58. The molecule has 0 aliphatic carbocycles. The molecule has 7 nitrogen and oxygen atoms in total. The van der Waals surface area contributed by atoms with Crippen molar-refractivity contribution in [2.75, 3.05) is 10.0 Å². The third kappa shape index (κ3) is 5.18. The van der Waals surface area contributed by atoms with Gasteiger partial charge in [0.05, 0.1) is 10.6 Å². The summed E-state index contributed by atoms with van der Waals surface area (Å²) in [4.78, 5) is 21.9. The Morgan fingerprint density at radius 1 is 1.00 bits per heavy atom. The number of amides is 1. The molecule has 0 aliphatic rings. The lowest BCUT2D eigenvalue weighted by Crippen LogP contribution is -2.14. The number of nitrogens with one attached hydrogen (secondary N) is 2. The maximum Gasteiger partial charge on any atom is 0.328 e. The van der Waals surface area contributed by atoms with Gasteiger partial charge in [0, 0.05) is 17.8 Å². The fraction of sp³-hybridized carbons (Fsp3) is 0.0588. The predicted octanol–water partition coefficient (Wildman–Crippen LogP) is 2.38. The van der Waals surface area contributed by atoms with E-state index in [1.165, 1.54) is 24.3 Å². The molecule has 0 spiro atoms. The van der Waals surface area contributed by atoms with Crippen LogP contribution < -0.4 is 10.0 Å². The predicted molar refractivity (Wildman–Crippen MR) is 93.8 cm³/mol. The van der Waals surface area contributed by atoms with E-state index < -0.39 is 21.9 Å². The fourth-order valence-corrected chi connectivity index (χ4v) is 3.07. The van der Waals surface area contributed by atoms with Gasteiger partial charge in [-0.1, -0.05) is 18.2 Å². The van der Waals surface area contributed by atoms with Crippen molar-refractivity contribution < 1.29 is 23.1 Å². The smallest absolute Gasteiger partial charge is 0.328 e. The number of rotatable bonds is 6. The van der Waals surface area contributed by atoms with Gasteiger partial charge in [-0.2, -0.15) is 0 Å². The second-order valence-corrected chi connectivity index (χ2v) is 6.79. The Labute approximate surface area is 145 Å². The summed E-state index contributed by atoms with van der Waals surface area (Å²) in [6, 6.07) is 12.5. The van der Waals surface area contributed by atoms with Crippen molar-refractivity contribution in [2.24, 2.45) is 0 Å². The normalized spacial score (nSPS) is 11.2. The molecule has 0 aliphatic heterocycles. The summed E-state index contributed by atoms with van der Waals surface area (Å²) in [5.74, 6) is -1.87. The third-order valence-corrected chi connectivity index (χ3v) is 4.58. The van der Waals surface area contributed by atoms with E-state index >= 15 is 0 Å². The van der Waals surface area contributed by atoms with E-state index in [4.69, 9.17) is 5.11 Å². The zero-order valence-electron chi connectivity index (χ0n) is 13.3. The summed E-state index contributed by atoms with van der Waals surface area (Å²) in [5, 5.41) is 10.9. The Bertz CT molecular complexity index is 918. The maximum atomic E-state index is 12.4. The van der Waals surface area contributed by atoms with Gasteiger partial charge in [-0.15, -0.1) is 0 Å². The lowest BCUT2D eigenvalue weighted by Gasteiger charge is -2.11. The van der Waals surface area contributed by atoms with Gasteiger partial charge in [-0.05, 0) is 42.8 Å². The van der Waals surface area contributed by atoms with E-state index in [0.717, 1.165) is 11.6 Å². The van der Waals surface area contributed by atoms with Crippen LogP contribution in [0.15, 0.2) is 65.6 Å². The molecule has 0 saturated heterocycles. The van der Waals surface area contributed by atoms with Crippen molar-refractivity contribution in [1.29, 1.82) is 0 Å². The minimum Gasteiger partial charge on any atom is -0.478 e. The quantitative estimate of drug-likeness (QED) is 0.685. The van der Waals surface area contributed by atoms with E-state index in [0.29, 0.717) is 17.5 Å². The first-order valence-electron chi connectivity index (χ1n) is 7.18. The molecular formula is C17H16N2O5S. The molecule has 0 saturated carbocycles. The van der Waals surface area contributed by atoms with Crippen LogP contribution in [0.3, 0.4) is 0 Å². The minimum atomic E-state index is -3.76. The molecule has 0 radical (unpaired) electrons. The molecule has 2 rings (SSSR count). The van der Waals surface area contributed by atoms with Gasteiger partial charge in [-0.3, -0.25) is 9.52 Å². The van der Waals surface area contributed by atoms with Crippen LogP contribution in [0.4, 0.5) is 11.4 Å². The van der Waals surface area contributed by atoms with E-state index in [9.17, 15) is 18.0 Å². The molecular weight excluding hydrogens is 344 g/mol. The van der Waals surface area contributed by atoms with Crippen LogP contribution in [0.25, 0.3) is 0 Å². The molecule has 3 N–H and O–H groups in total. The average Bonchev–Trinajstić information content (AvgIpc) is 2.55. The molecule has 2 aromatic carbocycles. The fourth-order valence-electron chi connectivity index (χ4n) is 1.94. The number of anilines is 2. The van der Waals surface area contributed by atoms with Gasteiger partial charge in [-0.25, -0.2) is 13.2 Å². The van der Waals surface area contributed by atoms with Gasteiger partial charge in [0.25, 0.3) is 10.0 Å². The van der Waals surface area contributed by atoms with Crippen molar-refractivity contribution in [2.45, 2.75) is 11.8 Å². The Morgan fingerprint density at radius 3 is 2.24 bits per heavy atom. The first-order chi connectivity index (χ1) is 11.8. The highest BCUT2D eigenvalue weighted by atomic mass is 32.2. The molecule has 8 heteroatoms. The van der Waals surface area contributed by atoms with Gasteiger partial charge in [0.2, 0.25) is 5.91 Å². The molecule has 2 aromatic rings. The van der Waals surface area contributed by atoms with Crippen LogP contribution >= 0.6 is 0 Å². The second kappa shape index (κ2) is 7.63. The maximum absolute atomic E-state index is 12.4. The molecule has 0 fully saturated rings. The summed E-state index contributed by atoms with van der Waals surface area (Å²) < 4.78 is 27.3. The number of hydrogen-bond donors (Lipinski definition) is 3. The van der Waals surface area contributed by atoms with Crippen molar-refractivity contribution in [3.63, 3.8) is 0 Å². The number of carbonyl (C=O) groups excluding carboxylic acids is 1. The van der Waals surface area contributed by atoms with Crippen LogP contribution in [0.2, 0.25) is 0 Å². The van der Waals surface area contributed by atoms with Gasteiger partial charge < -0.3 is 10.4 Å². The van der Waals surface area contributed by atoms with Crippen LogP contribution in [-0.4, -0.2) is 25.4 Å². The lowest BCUT2D eigenvalue weighted by molar-refractivity contribution is -0.131. The van der Waals surface area contributed by atoms with Crippen molar-refractivity contribution in [1.82, 2.24) is 0 Å². The first-order valence-corrected chi connectivity index (χ1v) is 8.67. The van der Waals surface area contributed by atoms with Crippen LogP contribution in [0.5, 0.6) is 0 Å². The van der Waals surface area contributed by atoms with Gasteiger partial charge >= 0.3 is 5.97 Å². The minimum absolute atomic E-state index is 0.0369. The van der Waals surface area contributed by atoms with Crippen molar-refractivity contribution in [3.8, 4) is 0 Å². The van der Waals surface area contributed by atoms with Crippen LogP contribution in [-0.2, 0) is 19.6 Å². The molecule has 0 atom stereocenters. The Morgan fingerprint density at radius 2 is 1.64 bits per heavy atom. The second-order valence-electron chi connectivity index (χ2n) is 5.11. The largest absolute Gasteiger partial charge is 0.478 e. The number of carboxylic acids is 1. The third-order valence-electron chi connectivity index (χ3n) is 3.20. The van der Waals surface area contributed by atoms with E-state index in [-0.39, 0.29) is 4.90 Å². The number of benzene rings is 2. The molecule has 0 heterocycles. The summed E-state index contributed by atoms with van der Waals surface area (Å²) in [5.41, 5.74) is 1.62. The first kappa shape index (κ1) is 18.2. The standard InChI is InChI=1S/C17H16N2O5S/c1-12-4-2-3-5-15(12)19-25(23,24)14-8-6-13(7-9-14)18-16(20)10-11-17(21)22/h2-11,19H,1H3,(H,18,20)(H,21,22)/b11-10+. The van der Waals surface area contributed by atoms with E-state index in [2.05, 4.69) is 10.0 Å². The molecule has 25 heavy (non-hydrogen) atoms. The Hall–Kier alpha value is -3.13. The van der Waals surface area contributed by atoms with Crippen LogP contribution in [0.1, 0.15) is 5.56 Å². The molecule has 130 valence electrons. The number of aliphatic carboxylic acids is 1. The Balaban J connectivity index is 2.12. The van der Waals surface area contributed by atoms with Gasteiger partial charge in [0.1, 0.15) is 0 Å². The molecule has 0 bridgehead atoms. The zero-order valence-corrected chi connectivity index (χ0v) is 14.1. The number of para-hydroxylation sites is 1. The highest BCUT2D eigenvalue weighted by Gasteiger charge is 2.15. The number of aryl methyl sites for hydroxylation is 1. The lowest BCUT2D eigenvalue weighted by atomic mass is 10.2. The summed E-state index contributed by atoms with van der Waals surface area (Å²) >= 11 is 0. The number of carbonyl (C=O) groups is 2. The van der Waals surface area contributed by atoms with Gasteiger partial charge in [0.15, 0.2) is 0 Å². The molecule has 1 amide bonds. The van der Waals surface area contributed by atoms with Crippen LogP contribution in [0, 0.1) is 6.92 Å². The number of carboxylic acid groups (broad SMARTS) is 1. The van der Waals surface area contributed by atoms with E-state index in [1.807, 2.05) is 6.07 Å². The number of hydrogen-bond acceptors (Lipinski definition) is 4. The highest BCUT2D eigenvalue weighted by molar-refractivity contribution is 7.92. The molecule has 0 unspecified atom stereocenters. The highest BCUT2D eigenvalue weighted by Crippen LogP contribution is 2.20. The monoisotopic (exact) mass is 360 g/mol. The van der Waals surface area contributed by atoms with Crippen molar-refractivity contribution in [3.05, 3.63) is 66.2 Å².